The Morgan fingerprint density at radius 1 is 0.905 bits per heavy atom. The van der Waals surface area contributed by atoms with Crippen LogP contribution in [0.2, 0.25) is 0 Å². The molecule has 1 fully saturated rings. The number of nitrogens with one attached hydrogen (secondary N) is 1. The van der Waals surface area contributed by atoms with Crippen molar-refractivity contribution in [3.8, 4) is 0 Å². The summed E-state index contributed by atoms with van der Waals surface area (Å²) in [6.07, 6.45) is 15.5. The molecule has 0 aromatic heterocycles. The number of unbranched alkanes of at least 4 members (excludes halogenated alkanes) is 9. The molecule has 0 bridgehead atoms. The SMILES string of the molecule is CCCCCCCCCCCC[C@H]1CN[C@@H](CO)[C@H](O)C1. The molecule has 0 radical (unpaired) electrons. The molecule has 126 valence electrons. The van der Waals surface area contributed by atoms with Gasteiger partial charge in [0.2, 0.25) is 0 Å². The van der Waals surface area contributed by atoms with Crippen molar-refractivity contribution in [2.24, 2.45) is 5.92 Å². The maximum atomic E-state index is 9.88. The summed E-state index contributed by atoms with van der Waals surface area (Å²) in [4.78, 5) is 0. The molecule has 3 N–H and O–H groups in total. The van der Waals surface area contributed by atoms with Crippen molar-refractivity contribution in [3.05, 3.63) is 0 Å². The topological polar surface area (TPSA) is 52.5 Å². The van der Waals surface area contributed by atoms with Gasteiger partial charge in [-0.3, -0.25) is 0 Å². The fourth-order valence-corrected chi connectivity index (χ4v) is 3.37. The first-order valence-corrected chi connectivity index (χ1v) is 9.30. The number of hydrogen-bond acceptors (Lipinski definition) is 3. The van der Waals surface area contributed by atoms with Crippen molar-refractivity contribution in [1.82, 2.24) is 5.32 Å². The monoisotopic (exact) mass is 299 g/mol. The van der Waals surface area contributed by atoms with Crippen LogP contribution in [0.3, 0.4) is 0 Å². The molecule has 0 amide bonds. The van der Waals surface area contributed by atoms with Gasteiger partial charge in [0.15, 0.2) is 0 Å². The molecule has 1 aliphatic heterocycles. The van der Waals surface area contributed by atoms with Crippen LogP contribution in [0.1, 0.15) is 84.0 Å². The Kier molecular flexibility index (Phi) is 11.2. The van der Waals surface area contributed by atoms with Crippen molar-refractivity contribution in [2.45, 2.75) is 96.1 Å². The van der Waals surface area contributed by atoms with E-state index in [2.05, 4.69) is 12.2 Å². The molecular formula is C18H37NO2. The first-order valence-electron chi connectivity index (χ1n) is 9.30. The highest BCUT2D eigenvalue weighted by atomic mass is 16.3. The lowest BCUT2D eigenvalue weighted by Gasteiger charge is -2.33. The Labute approximate surface area is 131 Å². The summed E-state index contributed by atoms with van der Waals surface area (Å²) in [5.74, 6) is 0.594. The first-order chi connectivity index (χ1) is 10.3. The highest BCUT2D eigenvalue weighted by Gasteiger charge is 2.27. The molecule has 1 aliphatic rings. The second-order valence-electron chi connectivity index (χ2n) is 6.84. The van der Waals surface area contributed by atoms with Crippen LogP contribution in [0.5, 0.6) is 0 Å². The zero-order valence-corrected chi connectivity index (χ0v) is 14.0. The third-order valence-electron chi connectivity index (χ3n) is 4.87. The molecule has 1 heterocycles. The second-order valence-corrected chi connectivity index (χ2v) is 6.84. The van der Waals surface area contributed by atoms with Crippen LogP contribution in [0.4, 0.5) is 0 Å². The van der Waals surface area contributed by atoms with Crippen molar-refractivity contribution >= 4 is 0 Å². The number of aliphatic hydroxyl groups is 2. The van der Waals surface area contributed by atoms with E-state index < -0.39 is 0 Å². The van der Waals surface area contributed by atoms with Gasteiger partial charge < -0.3 is 15.5 Å². The minimum absolute atomic E-state index is 0.0478. The lowest BCUT2D eigenvalue weighted by molar-refractivity contribution is 0.0419. The van der Waals surface area contributed by atoms with E-state index in [1.807, 2.05) is 0 Å². The highest BCUT2D eigenvalue weighted by Crippen LogP contribution is 2.21. The number of aliphatic hydroxyl groups excluding tert-OH is 2. The van der Waals surface area contributed by atoms with Crippen molar-refractivity contribution < 1.29 is 10.2 Å². The van der Waals surface area contributed by atoms with Gasteiger partial charge in [-0.05, 0) is 25.3 Å². The summed E-state index contributed by atoms with van der Waals surface area (Å²) in [5, 5.41) is 22.2. The summed E-state index contributed by atoms with van der Waals surface area (Å²) in [5.41, 5.74) is 0. The van der Waals surface area contributed by atoms with Gasteiger partial charge in [0.05, 0.1) is 18.8 Å². The molecule has 0 aromatic carbocycles. The Balaban J connectivity index is 1.86. The third kappa shape index (κ3) is 8.80. The lowest BCUT2D eigenvalue weighted by atomic mass is 9.88. The summed E-state index contributed by atoms with van der Waals surface area (Å²) in [6.45, 7) is 3.27. The third-order valence-corrected chi connectivity index (χ3v) is 4.87. The number of rotatable bonds is 12. The summed E-state index contributed by atoms with van der Waals surface area (Å²) in [7, 11) is 0. The van der Waals surface area contributed by atoms with Gasteiger partial charge in [-0.15, -0.1) is 0 Å². The van der Waals surface area contributed by atoms with E-state index in [0.717, 1.165) is 13.0 Å². The van der Waals surface area contributed by atoms with E-state index in [4.69, 9.17) is 5.11 Å². The van der Waals surface area contributed by atoms with Crippen LogP contribution in [0, 0.1) is 5.92 Å². The van der Waals surface area contributed by atoms with Gasteiger partial charge in [-0.1, -0.05) is 71.1 Å². The first kappa shape index (κ1) is 18.9. The quantitative estimate of drug-likeness (QED) is 0.482. The standard InChI is InChI=1S/C18H37NO2/c1-2-3-4-5-6-7-8-9-10-11-12-16-13-18(21)17(15-20)19-14-16/h16-21H,2-15H2,1H3/t16-,17+,18-/m1/s1. The normalized spacial score (nSPS) is 26.1. The van der Waals surface area contributed by atoms with E-state index in [-0.39, 0.29) is 18.8 Å². The summed E-state index contributed by atoms with van der Waals surface area (Å²) >= 11 is 0. The van der Waals surface area contributed by atoms with E-state index in [1.165, 1.54) is 70.6 Å². The molecule has 0 saturated carbocycles. The Bertz CT molecular complexity index is 235. The zero-order chi connectivity index (χ0) is 15.3. The van der Waals surface area contributed by atoms with Gasteiger partial charge in [-0.25, -0.2) is 0 Å². The molecule has 1 saturated heterocycles. The molecule has 0 aliphatic carbocycles. The maximum absolute atomic E-state index is 9.88. The van der Waals surface area contributed by atoms with E-state index in [1.54, 1.807) is 0 Å². The zero-order valence-electron chi connectivity index (χ0n) is 14.0. The van der Waals surface area contributed by atoms with E-state index >= 15 is 0 Å². The Morgan fingerprint density at radius 3 is 2.00 bits per heavy atom. The molecule has 0 spiro atoms. The van der Waals surface area contributed by atoms with Crippen LogP contribution in [0.15, 0.2) is 0 Å². The summed E-state index contributed by atoms with van der Waals surface area (Å²) < 4.78 is 0. The van der Waals surface area contributed by atoms with Gasteiger partial charge in [0.1, 0.15) is 0 Å². The van der Waals surface area contributed by atoms with Crippen LogP contribution >= 0.6 is 0 Å². The molecule has 21 heavy (non-hydrogen) atoms. The van der Waals surface area contributed by atoms with Crippen LogP contribution < -0.4 is 5.32 Å². The fraction of sp³-hybridized carbons (Fsp3) is 1.00. The molecule has 0 unspecified atom stereocenters. The minimum atomic E-state index is -0.364. The van der Waals surface area contributed by atoms with Gasteiger partial charge in [0, 0.05) is 0 Å². The van der Waals surface area contributed by atoms with Crippen LogP contribution in [-0.2, 0) is 0 Å². The predicted octanol–water partition coefficient (Wildman–Crippen LogP) is 3.63. The number of hydrogen-bond donors (Lipinski definition) is 3. The van der Waals surface area contributed by atoms with Gasteiger partial charge in [-0.2, -0.15) is 0 Å². The van der Waals surface area contributed by atoms with E-state index in [9.17, 15) is 5.11 Å². The lowest BCUT2D eigenvalue weighted by Crippen LogP contribution is -2.50. The minimum Gasteiger partial charge on any atom is -0.395 e. The average molecular weight is 299 g/mol. The second kappa shape index (κ2) is 12.4. The Morgan fingerprint density at radius 2 is 1.48 bits per heavy atom. The molecule has 1 rings (SSSR count). The maximum Gasteiger partial charge on any atom is 0.0718 e. The predicted molar refractivity (Wildman–Crippen MR) is 89.5 cm³/mol. The van der Waals surface area contributed by atoms with Gasteiger partial charge in [0.25, 0.3) is 0 Å². The molecule has 3 heteroatoms. The Hall–Kier alpha value is -0.120. The van der Waals surface area contributed by atoms with Crippen molar-refractivity contribution in [2.75, 3.05) is 13.2 Å². The van der Waals surface area contributed by atoms with Gasteiger partial charge >= 0.3 is 0 Å². The van der Waals surface area contributed by atoms with Crippen molar-refractivity contribution in [3.63, 3.8) is 0 Å². The molecule has 3 nitrogen and oxygen atoms in total. The highest BCUT2D eigenvalue weighted by molar-refractivity contribution is 4.84. The van der Waals surface area contributed by atoms with Crippen LogP contribution in [-0.4, -0.2) is 35.5 Å². The number of piperidine rings is 1. The average Bonchev–Trinajstić information content (AvgIpc) is 2.49. The molecule has 0 aromatic rings. The van der Waals surface area contributed by atoms with Crippen LogP contribution in [0.25, 0.3) is 0 Å². The largest absolute Gasteiger partial charge is 0.395 e. The van der Waals surface area contributed by atoms with Crippen molar-refractivity contribution in [1.29, 1.82) is 0 Å². The van der Waals surface area contributed by atoms with E-state index in [0.29, 0.717) is 5.92 Å². The molecular weight excluding hydrogens is 262 g/mol. The molecule has 3 atom stereocenters. The smallest absolute Gasteiger partial charge is 0.0718 e. The fourth-order valence-electron chi connectivity index (χ4n) is 3.37. The summed E-state index contributed by atoms with van der Waals surface area (Å²) in [6, 6.07) is -0.103.